The molecule has 3 saturated carbocycles. The Morgan fingerprint density at radius 3 is 2.63 bits per heavy atom. The molecule has 0 saturated heterocycles. The molecule has 0 aromatic carbocycles. The van der Waals surface area contributed by atoms with Crippen molar-refractivity contribution in [3.8, 4) is 0 Å². The molecule has 0 heteroatoms. The Morgan fingerprint density at radius 2 is 1.74 bits per heavy atom. The molecule has 104 valence electrons. The molecule has 3 aliphatic carbocycles. The molecule has 0 nitrogen and oxygen atoms in total. The van der Waals surface area contributed by atoms with Crippen LogP contribution in [0.15, 0.2) is 35.5 Å². The Balaban J connectivity index is 1.75. The van der Waals surface area contributed by atoms with Gasteiger partial charge < -0.3 is 0 Å². The number of allylic oxidation sites excluding steroid dienone is 5. The maximum absolute atomic E-state index is 4.31. The molecular weight excluding hydrogens is 228 g/mol. The van der Waals surface area contributed by atoms with E-state index in [0.717, 1.165) is 11.8 Å². The summed E-state index contributed by atoms with van der Waals surface area (Å²) in [5.74, 6) is 2.65. The lowest BCUT2D eigenvalue weighted by molar-refractivity contribution is 0.349. The minimum absolute atomic E-state index is 0.698. The van der Waals surface area contributed by atoms with E-state index < -0.39 is 0 Å². The molecular formula is C19H28. The van der Waals surface area contributed by atoms with E-state index in [2.05, 4.69) is 25.7 Å². The maximum Gasteiger partial charge on any atom is -0.0172 e. The van der Waals surface area contributed by atoms with Gasteiger partial charge in [-0.15, -0.1) is 0 Å². The zero-order valence-electron chi connectivity index (χ0n) is 12.5. The van der Waals surface area contributed by atoms with Gasteiger partial charge in [0, 0.05) is 0 Å². The Hall–Kier alpha value is -0.780. The molecule has 0 aromatic rings. The van der Waals surface area contributed by atoms with Crippen LogP contribution in [0.2, 0.25) is 0 Å². The summed E-state index contributed by atoms with van der Waals surface area (Å²) in [4.78, 5) is 0. The van der Waals surface area contributed by atoms with E-state index in [1.807, 2.05) is 0 Å². The fourth-order valence-electron chi connectivity index (χ4n) is 4.48. The summed E-state index contributed by atoms with van der Waals surface area (Å²) in [5.41, 5.74) is 4.69. The third-order valence-electron chi connectivity index (χ3n) is 5.76. The van der Waals surface area contributed by atoms with Gasteiger partial charge in [0.15, 0.2) is 0 Å². The van der Waals surface area contributed by atoms with Crippen molar-refractivity contribution in [3.63, 3.8) is 0 Å². The van der Waals surface area contributed by atoms with Crippen molar-refractivity contribution < 1.29 is 0 Å². The molecule has 3 fully saturated rings. The summed E-state index contributed by atoms with van der Waals surface area (Å²) >= 11 is 0. The average molecular weight is 256 g/mol. The first kappa shape index (κ1) is 13.2. The zero-order chi connectivity index (χ0) is 13.2. The Labute approximate surface area is 118 Å². The second-order valence-corrected chi connectivity index (χ2v) is 6.94. The van der Waals surface area contributed by atoms with Gasteiger partial charge in [0.2, 0.25) is 0 Å². The Kier molecular flexibility index (Phi) is 3.96. The third-order valence-corrected chi connectivity index (χ3v) is 5.76. The molecule has 0 bridgehead atoms. The van der Waals surface area contributed by atoms with Crippen LogP contribution in [0.1, 0.15) is 64.7 Å². The highest BCUT2D eigenvalue weighted by molar-refractivity contribution is 5.36. The summed E-state index contributed by atoms with van der Waals surface area (Å²) in [6, 6.07) is 0. The van der Waals surface area contributed by atoms with Gasteiger partial charge in [0.25, 0.3) is 0 Å². The van der Waals surface area contributed by atoms with Gasteiger partial charge in [-0.25, -0.2) is 0 Å². The van der Waals surface area contributed by atoms with Crippen LogP contribution < -0.4 is 0 Å². The van der Waals surface area contributed by atoms with Crippen molar-refractivity contribution in [3.05, 3.63) is 35.5 Å². The van der Waals surface area contributed by atoms with Crippen LogP contribution in [0, 0.1) is 17.8 Å². The molecule has 0 radical (unpaired) electrons. The fourth-order valence-corrected chi connectivity index (χ4v) is 4.48. The van der Waals surface area contributed by atoms with Gasteiger partial charge in [-0.3, -0.25) is 0 Å². The summed E-state index contributed by atoms with van der Waals surface area (Å²) in [6.07, 6.45) is 17.5. The normalized spacial score (nSPS) is 39.8. The van der Waals surface area contributed by atoms with E-state index in [9.17, 15) is 0 Å². The Morgan fingerprint density at radius 1 is 0.947 bits per heavy atom. The van der Waals surface area contributed by atoms with E-state index in [-0.39, 0.29) is 0 Å². The van der Waals surface area contributed by atoms with Crippen LogP contribution in [0.4, 0.5) is 0 Å². The quantitative estimate of drug-likeness (QED) is 0.555. The largest absolute Gasteiger partial charge is 0.0953 e. The first-order valence-electron chi connectivity index (χ1n) is 8.34. The van der Waals surface area contributed by atoms with Crippen LogP contribution in [-0.4, -0.2) is 0 Å². The van der Waals surface area contributed by atoms with Crippen molar-refractivity contribution in [1.29, 1.82) is 0 Å². The highest BCUT2D eigenvalue weighted by atomic mass is 14.4. The molecule has 0 amide bonds. The number of rotatable bonds is 1. The molecule has 2 unspecified atom stereocenters. The van der Waals surface area contributed by atoms with Crippen molar-refractivity contribution in [1.82, 2.24) is 0 Å². The van der Waals surface area contributed by atoms with Crippen molar-refractivity contribution >= 4 is 0 Å². The van der Waals surface area contributed by atoms with Gasteiger partial charge in [-0.2, -0.15) is 0 Å². The highest BCUT2D eigenvalue weighted by Gasteiger charge is 2.32. The summed E-state index contributed by atoms with van der Waals surface area (Å²) in [6.45, 7) is 6.64. The molecule has 3 atom stereocenters. The molecule has 0 aliphatic heterocycles. The third kappa shape index (κ3) is 2.73. The molecule has 3 rings (SSSR count). The lowest BCUT2D eigenvalue weighted by atomic mass is 9.77. The van der Waals surface area contributed by atoms with Gasteiger partial charge in [0.1, 0.15) is 0 Å². The maximum atomic E-state index is 4.31. The van der Waals surface area contributed by atoms with E-state index >= 15 is 0 Å². The van der Waals surface area contributed by atoms with Crippen LogP contribution in [-0.2, 0) is 0 Å². The lowest BCUT2D eigenvalue weighted by Gasteiger charge is -2.28. The molecule has 0 heterocycles. The first-order chi connectivity index (χ1) is 9.25. The second-order valence-electron chi connectivity index (χ2n) is 6.94. The van der Waals surface area contributed by atoms with Gasteiger partial charge in [-0.05, 0) is 80.3 Å². The summed E-state index contributed by atoms with van der Waals surface area (Å²) in [7, 11) is 0. The smallest absolute Gasteiger partial charge is 0.0172 e. The molecule has 3 aliphatic rings. The topological polar surface area (TPSA) is 0 Å². The number of hydrogen-bond acceptors (Lipinski definition) is 0. The van der Waals surface area contributed by atoms with Crippen molar-refractivity contribution in [2.75, 3.05) is 0 Å². The average Bonchev–Trinajstić information content (AvgIpc) is 2.89. The van der Waals surface area contributed by atoms with Gasteiger partial charge in [0.05, 0.1) is 0 Å². The predicted octanol–water partition coefficient (Wildman–Crippen LogP) is 5.82. The summed E-state index contributed by atoms with van der Waals surface area (Å²) in [5, 5.41) is 0. The molecule has 0 spiro atoms. The van der Waals surface area contributed by atoms with Crippen molar-refractivity contribution in [2.45, 2.75) is 64.7 Å². The Bertz CT molecular complexity index is 410. The highest BCUT2D eigenvalue weighted by Crippen LogP contribution is 2.45. The number of fused-ring (bicyclic) bond motifs is 1. The van der Waals surface area contributed by atoms with Crippen LogP contribution in [0.25, 0.3) is 0 Å². The fraction of sp³-hybridized carbons (Fsp3) is 0.684. The minimum Gasteiger partial charge on any atom is -0.0953 e. The lowest BCUT2D eigenvalue weighted by Crippen LogP contribution is -2.16. The monoisotopic (exact) mass is 256 g/mol. The minimum atomic E-state index is 0.698. The van der Waals surface area contributed by atoms with Crippen LogP contribution in [0.3, 0.4) is 0 Å². The van der Waals surface area contributed by atoms with Crippen LogP contribution >= 0.6 is 0 Å². The van der Waals surface area contributed by atoms with Gasteiger partial charge in [-0.1, -0.05) is 37.6 Å². The standard InChI is InChI=1S/C19H28/c1-14-6-3-7-16(15(14)2)12-13-18-9-4-8-17-10-5-11-19(17)18/h12-14,17,19H,2-11H2,1H3/b16-12-,18-13+/t14-,17?,19?/m0/s1. The van der Waals surface area contributed by atoms with E-state index in [4.69, 9.17) is 0 Å². The van der Waals surface area contributed by atoms with E-state index in [1.165, 1.54) is 68.9 Å². The van der Waals surface area contributed by atoms with Gasteiger partial charge >= 0.3 is 0 Å². The predicted molar refractivity (Wildman–Crippen MR) is 83.0 cm³/mol. The van der Waals surface area contributed by atoms with Crippen LogP contribution in [0.5, 0.6) is 0 Å². The second kappa shape index (κ2) is 5.69. The first-order valence-corrected chi connectivity index (χ1v) is 8.34. The SMILES string of the molecule is C=C1/C(=C\C=C2/CCCC3CCCC23)CCC[C@@H]1C. The summed E-state index contributed by atoms with van der Waals surface area (Å²) < 4.78 is 0. The number of hydrogen-bond donors (Lipinski definition) is 0. The van der Waals surface area contributed by atoms with E-state index in [0.29, 0.717) is 5.92 Å². The molecule has 0 aromatic heterocycles. The zero-order valence-corrected chi connectivity index (χ0v) is 12.5. The van der Waals surface area contributed by atoms with E-state index in [1.54, 1.807) is 5.57 Å². The molecule has 19 heavy (non-hydrogen) atoms. The molecule has 0 N–H and O–H groups in total. The van der Waals surface area contributed by atoms with Crippen molar-refractivity contribution in [2.24, 2.45) is 17.8 Å².